The van der Waals surface area contributed by atoms with Gasteiger partial charge in [-0.2, -0.15) is 0 Å². The molecular formula is C15H19ClN2O4. The Morgan fingerprint density at radius 2 is 2.18 bits per heavy atom. The van der Waals surface area contributed by atoms with Gasteiger partial charge in [0.15, 0.2) is 5.75 Å². The molecule has 0 aliphatic carbocycles. The lowest BCUT2D eigenvalue weighted by atomic mass is 10.1. The van der Waals surface area contributed by atoms with E-state index in [2.05, 4.69) is 5.32 Å². The maximum Gasteiger partial charge on any atom is 0.321 e. The molecule has 0 bridgehead atoms. The summed E-state index contributed by atoms with van der Waals surface area (Å²) in [6, 6.07) is 4.76. The first-order valence-corrected chi connectivity index (χ1v) is 7.50. The summed E-state index contributed by atoms with van der Waals surface area (Å²) in [7, 11) is 0. The molecule has 1 unspecified atom stereocenters. The molecule has 1 atom stereocenters. The van der Waals surface area contributed by atoms with Crippen molar-refractivity contribution in [3.63, 3.8) is 0 Å². The molecule has 22 heavy (non-hydrogen) atoms. The Balaban J connectivity index is 2.09. The molecule has 6 nitrogen and oxygen atoms in total. The van der Waals surface area contributed by atoms with Crippen molar-refractivity contribution >= 4 is 29.3 Å². The van der Waals surface area contributed by atoms with Gasteiger partial charge in [-0.15, -0.1) is 0 Å². The predicted octanol–water partition coefficient (Wildman–Crippen LogP) is 3.07. The summed E-state index contributed by atoms with van der Waals surface area (Å²) < 4.78 is 5.64. The monoisotopic (exact) mass is 326 g/mol. The fraction of sp³-hybridized carbons (Fsp3) is 0.467. The van der Waals surface area contributed by atoms with Gasteiger partial charge in [-0.25, -0.2) is 4.79 Å². The molecule has 1 saturated heterocycles. The van der Waals surface area contributed by atoms with Crippen molar-refractivity contribution in [3.8, 4) is 5.75 Å². The number of nitrogens with one attached hydrogen (secondary N) is 1. The number of para-hydroxylation sites is 1. The fourth-order valence-electron chi connectivity index (χ4n) is 2.30. The van der Waals surface area contributed by atoms with Crippen molar-refractivity contribution in [1.29, 1.82) is 0 Å². The Kier molecular flexibility index (Phi) is 5.13. The molecular weight excluding hydrogens is 308 g/mol. The molecule has 1 aliphatic heterocycles. The number of carbonyl (C=O) groups is 2. The molecule has 0 aromatic heterocycles. The molecule has 2 rings (SSSR count). The molecule has 2 amide bonds. The van der Waals surface area contributed by atoms with Gasteiger partial charge in [0.05, 0.1) is 22.7 Å². The van der Waals surface area contributed by atoms with Crippen LogP contribution in [0, 0.1) is 5.92 Å². The summed E-state index contributed by atoms with van der Waals surface area (Å²) in [6.07, 6.45) is 0.381. The van der Waals surface area contributed by atoms with Gasteiger partial charge >= 0.3 is 12.0 Å². The lowest BCUT2D eigenvalue weighted by Crippen LogP contribution is -2.34. The number of urea groups is 1. The molecule has 1 aliphatic rings. The third-order valence-corrected chi connectivity index (χ3v) is 3.68. The minimum Gasteiger partial charge on any atom is -0.487 e. The zero-order valence-corrected chi connectivity index (χ0v) is 13.3. The molecule has 1 fully saturated rings. The molecule has 120 valence electrons. The van der Waals surface area contributed by atoms with Gasteiger partial charge in [-0.1, -0.05) is 17.7 Å². The molecule has 1 aromatic carbocycles. The Morgan fingerprint density at radius 3 is 2.77 bits per heavy atom. The zero-order chi connectivity index (χ0) is 16.3. The number of benzene rings is 1. The SMILES string of the molecule is CC(C)Oc1c(Cl)cccc1NC(=O)N1CCC(C(=O)O)C1. The van der Waals surface area contributed by atoms with Crippen LogP contribution in [0.2, 0.25) is 5.02 Å². The highest BCUT2D eigenvalue weighted by Gasteiger charge is 2.31. The third-order valence-electron chi connectivity index (χ3n) is 3.39. The van der Waals surface area contributed by atoms with E-state index in [1.807, 2.05) is 13.8 Å². The van der Waals surface area contributed by atoms with Crippen LogP contribution >= 0.6 is 11.6 Å². The average molecular weight is 327 g/mol. The quantitative estimate of drug-likeness (QED) is 0.891. The van der Waals surface area contributed by atoms with Crippen molar-refractivity contribution in [3.05, 3.63) is 23.2 Å². The second-order valence-corrected chi connectivity index (χ2v) is 5.89. The summed E-state index contributed by atoms with van der Waals surface area (Å²) in [4.78, 5) is 24.7. The first-order chi connectivity index (χ1) is 10.4. The number of anilines is 1. The zero-order valence-electron chi connectivity index (χ0n) is 12.5. The second kappa shape index (κ2) is 6.87. The number of rotatable bonds is 4. The topological polar surface area (TPSA) is 78.9 Å². The summed E-state index contributed by atoms with van der Waals surface area (Å²) in [5.74, 6) is -0.958. The van der Waals surface area contributed by atoms with Crippen LogP contribution in [-0.4, -0.2) is 41.2 Å². The minimum absolute atomic E-state index is 0.0845. The number of carboxylic acid groups (broad SMARTS) is 1. The van der Waals surface area contributed by atoms with E-state index < -0.39 is 11.9 Å². The summed E-state index contributed by atoms with van der Waals surface area (Å²) in [5.41, 5.74) is 0.477. The highest BCUT2D eigenvalue weighted by Crippen LogP contribution is 2.34. The van der Waals surface area contributed by atoms with E-state index in [1.165, 1.54) is 4.90 Å². The Bertz CT molecular complexity index is 577. The van der Waals surface area contributed by atoms with Gasteiger partial charge in [0.1, 0.15) is 0 Å². The van der Waals surface area contributed by atoms with Crippen LogP contribution in [0.1, 0.15) is 20.3 Å². The first kappa shape index (κ1) is 16.4. The molecule has 7 heteroatoms. The highest BCUT2D eigenvalue weighted by molar-refractivity contribution is 6.32. The smallest absolute Gasteiger partial charge is 0.321 e. The number of hydrogen-bond acceptors (Lipinski definition) is 3. The number of ether oxygens (including phenoxy) is 1. The largest absolute Gasteiger partial charge is 0.487 e. The average Bonchev–Trinajstić information content (AvgIpc) is 2.92. The number of hydrogen-bond donors (Lipinski definition) is 2. The molecule has 0 saturated carbocycles. The summed E-state index contributed by atoms with van der Waals surface area (Å²) in [6.45, 7) is 4.37. The van der Waals surface area contributed by atoms with Crippen LogP contribution in [0.5, 0.6) is 5.75 Å². The van der Waals surface area contributed by atoms with Crippen LogP contribution in [0.4, 0.5) is 10.5 Å². The van der Waals surface area contributed by atoms with Gasteiger partial charge in [-0.05, 0) is 32.4 Å². The van der Waals surface area contributed by atoms with Gasteiger partial charge in [0.25, 0.3) is 0 Å². The van der Waals surface area contributed by atoms with Crippen LogP contribution in [0.15, 0.2) is 18.2 Å². The van der Waals surface area contributed by atoms with Crippen molar-refractivity contribution in [2.24, 2.45) is 5.92 Å². The summed E-state index contributed by atoms with van der Waals surface area (Å²) >= 11 is 6.11. The Labute approximate surface area is 134 Å². The van der Waals surface area contributed by atoms with E-state index in [9.17, 15) is 9.59 Å². The molecule has 1 heterocycles. The molecule has 1 aromatic rings. The van der Waals surface area contributed by atoms with Crippen molar-refractivity contribution in [1.82, 2.24) is 4.90 Å². The van der Waals surface area contributed by atoms with E-state index in [0.29, 0.717) is 29.4 Å². The molecule has 2 N–H and O–H groups in total. The maximum absolute atomic E-state index is 12.3. The standard InChI is InChI=1S/C15H19ClN2O4/c1-9(2)22-13-11(16)4-3-5-12(13)17-15(21)18-7-6-10(8-18)14(19)20/h3-5,9-10H,6-8H2,1-2H3,(H,17,21)(H,19,20). The maximum atomic E-state index is 12.3. The Hall–Kier alpha value is -1.95. The predicted molar refractivity (Wildman–Crippen MR) is 83.6 cm³/mol. The normalized spacial score (nSPS) is 17.6. The van der Waals surface area contributed by atoms with E-state index in [-0.39, 0.29) is 18.7 Å². The number of aliphatic carboxylic acids is 1. The lowest BCUT2D eigenvalue weighted by molar-refractivity contribution is -0.141. The number of likely N-dealkylation sites (tertiary alicyclic amines) is 1. The van der Waals surface area contributed by atoms with Crippen molar-refractivity contribution in [2.75, 3.05) is 18.4 Å². The number of nitrogens with zero attached hydrogens (tertiary/aromatic N) is 1. The van der Waals surface area contributed by atoms with E-state index in [0.717, 1.165) is 0 Å². The number of amides is 2. The minimum atomic E-state index is -0.873. The van der Waals surface area contributed by atoms with Crippen molar-refractivity contribution in [2.45, 2.75) is 26.4 Å². The fourth-order valence-corrected chi connectivity index (χ4v) is 2.52. The number of halogens is 1. The van der Waals surface area contributed by atoms with Crippen LogP contribution in [-0.2, 0) is 4.79 Å². The van der Waals surface area contributed by atoms with Crippen LogP contribution < -0.4 is 10.1 Å². The first-order valence-electron chi connectivity index (χ1n) is 7.12. The van der Waals surface area contributed by atoms with E-state index in [1.54, 1.807) is 18.2 Å². The van der Waals surface area contributed by atoms with Gasteiger partial charge in [0.2, 0.25) is 0 Å². The summed E-state index contributed by atoms with van der Waals surface area (Å²) in [5, 5.41) is 12.1. The lowest BCUT2D eigenvalue weighted by Gasteiger charge is -2.20. The number of carboxylic acids is 1. The van der Waals surface area contributed by atoms with Crippen molar-refractivity contribution < 1.29 is 19.4 Å². The highest BCUT2D eigenvalue weighted by atomic mass is 35.5. The van der Waals surface area contributed by atoms with Crippen LogP contribution in [0.3, 0.4) is 0 Å². The molecule has 0 radical (unpaired) electrons. The van der Waals surface area contributed by atoms with E-state index >= 15 is 0 Å². The Morgan fingerprint density at radius 1 is 1.45 bits per heavy atom. The van der Waals surface area contributed by atoms with Gasteiger partial charge in [-0.3, -0.25) is 4.79 Å². The molecule has 0 spiro atoms. The second-order valence-electron chi connectivity index (χ2n) is 5.48. The van der Waals surface area contributed by atoms with Gasteiger partial charge in [0, 0.05) is 13.1 Å². The van der Waals surface area contributed by atoms with Crippen LogP contribution in [0.25, 0.3) is 0 Å². The number of carbonyl (C=O) groups excluding carboxylic acids is 1. The van der Waals surface area contributed by atoms with E-state index in [4.69, 9.17) is 21.4 Å². The van der Waals surface area contributed by atoms with Gasteiger partial charge < -0.3 is 20.1 Å². The third kappa shape index (κ3) is 3.82.